The molecule has 0 N–H and O–H groups in total. The maximum absolute atomic E-state index is 13.7. The Labute approximate surface area is 112 Å². The molecule has 104 valence electrons. The Balaban J connectivity index is 2.00. The maximum atomic E-state index is 13.7. The average Bonchev–Trinajstić information content (AvgIpc) is 2.38. The molecule has 1 aromatic rings. The highest BCUT2D eigenvalue weighted by Gasteiger charge is 2.26. The molecular weight excluding hydrogens is 247 g/mol. The SMILES string of the molecule is COC1CCCC(OC(=O)c2ccc(C)cc2F)C1. The topological polar surface area (TPSA) is 35.5 Å². The molecule has 1 aliphatic rings. The van der Waals surface area contributed by atoms with Crippen LogP contribution in [0.15, 0.2) is 18.2 Å². The van der Waals surface area contributed by atoms with Crippen LogP contribution in [0.3, 0.4) is 0 Å². The molecule has 0 amide bonds. The number of esters is 1. The molecule has 0 radical (unpaired) electrons. The minimum atomic E-state index is -0.584. The van der Waals surface area contributed by atoms with Crippen molar-refractivity contribution in [2.24, 2.45) is 0 Å². The third-order valence-corrected chi connectivity index (χ3v) is 3.53. The van der Waals surface area contributed by atoms with Gasteiger partial charge in [-0.3, -0.25) is 0 Å². The zero-order chi connectivity index (χ0) is 13.8. The Hall–Kier alpha value is -1.42. The molecule has 0 saturated heterocycles. The molecule has 1 fully saturated rings. The summed E-state index contributed by atoms with van der Waals surface area (Å²) in [6, 6.07) is 4.53. The fraction of sp³-hybridized carbons (Fsp3) is 0.533. The average molecular weight is 266 g/mol. The van der Waals surface area contributed by atoms with Gasteiger partial charge in [-0.1, -0.05) is 6.07 Å². The molecule has 1 aromatic carbocycles. The lowest BCUT2D eigenvalue weighted by molar-refractivity contribution is -0.0152. The molecule has 1 aliphatic carbocycles. The largest absolute Gasteiger partial charge is 0.459 e. The Morgan fingerprint density at radius 3 is 2.74 bits per heavy atom. The van der Waals surface area contributed by atoms with Crippen molar-refractivity contribution < 1.29 is 18.7 Å². The molecule has 2 rings (SSSR count). The van der Waals surface area contributed by atoms with Gasteiger partial charge in [0.25, 0.3) is 0 Å². The quantitative estimate of drug-likeness (QED) is 0.788. The van der Waals surface area contributed by atoms with Gasteiger partial charge in [-0.05, 0) is 43.9 Å². The number of ether oxygens (including phenoxy) is 2. The van der Waals surface area contributed by atoms with Crippen molar-refractivity contribution in [1.82, 2.24) is 0 Å². The predicted molar refractivity (Wildman–Crippen MR) is 69.6 cm³/mol. The van der Waals surface area contributed by atoms with Crippen molar-refractivity contribution in [2.45, 2.75) is 44.8 Å². The lowest BCUT2D eigenvalue weighted by Crippen LogP contribution is -2.29. The number of halogens is 1. The second-order valence-electron chi connectivity index (χ2n) is 5.03. The van der Waals surface area contributed by atoms with Crippen LogP contribution in [0.5, 0.6) is 0 Å². The van der Waals surface area contributed by atoms with E-state index in [0.717, 1.165) is 24.8 Å². The van der Waals surface area contributed by atoms with E-state index < -0.39 is 11.8 Å². The molecular formula is C15H19FO3. The highest BCUT2D eigenvalue weighted by atomic mass is 19.1. The van der Waals surface area contributed by atoms with Crippen LogP contribution in [0.4, 0.5) is 4.39 Å². The molecule has 19 heavy (non-hydrogen) atoms. The van der Waals surface area contributed by atoms with Gasteiger partial charge in [0.2, 0.25) is 0 Å². The molecule has 2 atom stereocenters. The summed E-state index contributed by atoms with van der Waals surface area (Å²) in [7, 11) is 1.66. The van der Waals surface area contributed by atoms with Crippen LogP contribution >= 0.6 is 0 Å². The van der Waals surface area contributed by atoms with E-state index in [1.54, 1.807) is 20.1 Å². The van der Waals surface area contributed by atoms with E-state index >= 15 is 0 Å². The maximum Gasteiger partial charge on any atom is 0.341 e. The van der Waals surface area contributed by atoms with Crippen molar-refractivity contribution in [3.05, 3.63) is 35.1 Å². The van der Waals surface area contributed by atoms with Crippen LogP contribution in [-0.4, -0.2) is 25.3 Å². The summed E-state index contributed by atoms with van der Waals surface area (Å²) in [4.78, 5) is 11.9. The van der Waals surface area contributed by atoms with Gasteiger partial charge >= 0.3 is 5.97 Å². The Morgan fingerprint density at radius 2 is 2.05 bits per heavy atom. The first-order valence-corrected chi connectivity index (χ1v) is 6.60. The Kier molecular flexibility index (Phi) is 4.53. The highest BCUT2D eigenvalue weighted by Crippen LogP contribution is 2.24. The minimum absolute atomic E-state index is 0.00476. The van der Waals surface area contributed by atoms with Gasteiger partial charge in [0.05, 0.1) is 11.7 Å². The van der Waals surface area contributed by atoms with Gasteiger partial charge in [-0.15, -0.1) is 0 Å². The van der Waals surface area contributed by atoms with E-state index in [-0.39, 0.29) is 17.8 Å². The number of carbonyl (C=O) groups excluding carboxylic acids is 1. The molecule has 0 aromatic heterocycles. The molecule has 0 spiro atoms. The van der Waals surface area contributed by atoms with E-state index in [1.165, 1.54) is 12.1 Å². The molecule has 0 aliphatic heterocycles. The first-order valence-electron chi connectivity index (χ1n) is 6.60. The lowest BCUT2D eigenvalue weighted by atomic mass is 9.95. The number of methoxy groups -OCH3 is 1. The second kappa shape index (κ2) is 6.15. The van der Waals surface area contributed by atoms with E-state index in [4.69, 9.17) is 9.47 Å². The van der Waals surface area contributed by atoms with Gasteiger partial charge in [0.15, 0.2) is 0 Å². The molecule has 0 bridgehead atoms. The van der Waals surface area contributed by atoms with E-state index in [1.807, 2.05) is 0 Å². The lowest BCUT2D eigenvalue weighted by Gasteiger charge is -2.27. The van der Waals surface area contributed by atoms with Crippen molar-refractivity contribution in [3.63, 3.8) is 0 Å². The summed E-state index contributed by atoms with van der Waals surface area (Å²) in [5.74, 6) is -1.11. The van der Waals surface area contributed by atoms with Crippen molar-refractivity contribution in [3.8, 4) is 0 Å². The number of aryl methyl sites for hydroxylation is 1. The zero-order valence-corrected chi connectivity index (χ0v) is 11.3. The third-order valence-electron chi connectivity index (χ3n) is 3.53. The second-order valence-corrected chi connectivity index (χ2v) is 5.03. The van der Waals surface area contributed by atoms with Gasteiger partial charge < -0.3 is 9.47 Å². The van der Waals surface area contributed by atoms with E-state index in [0.29, 0.717) is 6.42 Å². The number of rotatable bonds is 3. The summed E-state index contributed by atoms with van der Waals surface area (Å²) in [5, 5.41) is 0. The van der Waals surface area contributed by atoms with Crippen LogP contribution in [0.2, 0.25) is 0 Å². The van der Waals surface area contributed by atoms with Crippen LogP contribution in [0.1, 0.15) is 41.6 Å². The molecule has 1 saturated carbocycles. The van der Waals surface area contributed by atoms with Gasteiger partial charge in [-0.2, -0.15) is 0 Å². The Bertz CT molecular complexity index is 459. The van der Waals surface area contributed by atoms with Crippen molar-refractivity contribution in [1.29, 1.82) is 0 Å². The minimum Gasteiger partial charge on any atom is -0.459 e. The number of hydrogen-bond acceptors (Lipinski definition) is 3. The summed E-state index contributed by atoms with van der Waals surface area (Å²) < 4.78 is 24.3. The van der Waals surface area contributed by atoms with Crippen molar-refractivity contribution >= 4 is 5.97 Å². The fourth-order valence-electron chi connectivity index (χ4n) is 2.42. The van der Waals surface area contributed by atoms with E-state index in [9.17, 15) is 9.18 Å². The number of carbonyl (C=O) groups is 1. The van der Waals surface area contributed by atoms with Crippen LogP contribution in [0.25, 0.3) is 0 Å². The standard InChI is InChI=1S/C15H19FO3/c1-10-6-7-13(14(16)8-10)15(17)19-12-5-3-4-11(9-12)18-2/h6-8,11-12H,3-5,9H2,1-2H3. The monoisotopic (exact) mass is 266 g/mol. The van der Waals surface area contributed by atoms with Gasteiger partial charge in [0.1, 0.15) is 11.9 Å². The highest BCUT2D eigenvalue weighted by molar-refractivity contribution is 5.89. The summed E-state index contributed by atoms with van der Waals surface area (Å²) >= 11 is 0. The Morgan fingerprint density at radius 1 is 1.32 bits per heavy atom. The van der Waals surface area contributed by atoms with Crippen molar-refractivity contribution in [2.75, 3.05) is 7.11 Å². The molecule has 4 heteroatoms. The molecule has 3 nitrogen and oxygen atoms in total. The van der Waals surface area contributed by atoms with Crippen LogP contribution < -0.4 is 0 Å². The first kappa shape index (κ1) is 14.0. The smallest absolute Gasteiger partial charge is 0.341 e. The number of hydrogen-bond donors (Lipinski definition) is 0. The fourth-order valence-corrected chi connectivity index (χ4v) is 2.42. The molecule has 0 heterocycles. The normalized spacial score (nSPS) is 23.1. The van der Waals surface area contributed by atoms with Gasteiger partial charge in [-0.25, -0.2) is 9.18 Å². The predicted octanol–water partition coefficient (Wildman–Crippen LogP) is 3.25. The van der Waals surface area contributed by atoms with E-state index in [2.05, 4.69) is 0 Å². The first-order chi connectivity index (χ1) is 9.10. The number of benzene rings is 1. The summed E-state index contributed by atoms with van der Waals surface area (Å²) in [6.07, 6.45) is 3.42. The van der Waals surface area contributed by atoms with Gasteiger partial charge in [0, 0.05) is 13.5 Å². The summed E-state index contributed by atoms with van der Waals surface area (Å²) in [5.41, 5.74) is 0.788. The van der Waals surface area contributed by atoms with Crippen LogP contribution in [0, 0.1) is 12.7 Å². The third kappa shape index (κ3) is 3.53. The molecule has 2 unspecified atom stereocenters. The summed E-state index contributed by atoms with van der Waals surface area (Å²) in [6.45, 7) is 1.78. The zero-order valence-electron chi connectivity index (χ0n) is 11.3. The van der Waals surface area contributed by atoms with Crippen LogP contribution in [-0.2, 0) is 9.47 Å².